The van der Waals surface area contributed by atoms with Crippen LogP contribution in [0.15, 0.2) is 84.0 Å². The molecule has 0 radical (unpaired) electrons. The molecule has 36 heavy (non-hydrogen) atoms. The predicted molar refractivity (Wildman–Crippen MR) is 130 cm³/mol. The minimum absolute atomic E-state index is 0.0321. The van der Waals surface area contributed by atoms with E-state index in [9.17, 15) is 22.8 Å². The molecule has 2 aromatic carbocycles. The molecule has 0 spiro atoms. The standard InChI is InChI=1S/C26H20F3N5O2/c1-16(17-7-3-2-4-8-17)24(35)32-20-14-30-12-11-22(20)34-23-18-9-5-6-10-21(18)33(15-26(27,28)29)25(36)19(23)13-31-34/h2-14,16H,15H2,1H3,(H,32,35). The second kappa shape index (κ2) is 8.95. The summed E-state index contributed by atoms with van der Waals surface area (Å²) in [5, 5.41) is 7.65. The number of benzene rings is 2. The zero-order chi connectivity index (χ0) is 25.4. The Morgan fingerprint density at radius 1 is 1.00 bits per heavy atom. The van der Waals surface area contributed by atoms with E-state index < -0.39 is 24.2 Å². The van der Waals surface area contributed by atoms with Gasteiger partial charge in [-0.25, -0.2) is 4.68 Å². The lowest BCUT2D eigenvalue weighted by molar-refractivity contribution is -0.140. The Morgan fingerprint density at radius 3 is 2.47 bits per heavy atom. The average molecular weight is 491 g/mol. The first-order valence-corrected chi connectivity index (χ1v) is 11.1. The summed E-state index contributed by atoms with van der Waals surface area (Å²) >= 11 is 0. The minimum Gasteiger partial charge on any atom is -0.322 e. The molecule has 1 amide bonds. The molecule has 182 valence electrons. The second-order valence-electron chi connectivity index (χ2n) is 8.36. The molecule has 0 aliphatic heterocycles. The Balaban J connectivity index is 1.64. The van der Waals surface area contributed by atoms with E-state index in [0.717, 1.165) is 5.56 Å². The highest BCUT2D eigenvalue weighted by Gasteiger charge is 2.30. The van der Waals surface area contributed by atoms with Crippen molar-refractivity contribution < 1.29 is 18.0 Å². The van der Waals surface area contributed by atoms with Gasteiger partial charge in [-0.15, -0.1) is 0 Å². The number of hydrogen-bond acceptors (Lipinski definition) is 4. The number of aromatic nitrogens is 4. The van der Waals surface area contributed by atoms with Crippen molar-refractivity contribution in [1.82, 2.24) is 19.3 Å². The number of para-hydroxylation sites is 1. The summed E-state index contributed by atoms with van der Waals surface area (Å²) in [5.41, 5.74) is 1.27. The highest BCUT2D eigenvalue weighted by molar-refractivity contribution is 6.05. The maximum absolute atomic E-state index is 13.3. The number of halogens is 3. The fourth-order valence-corrected chi connectivity index (χ4v) is 4.25. The lowest BCUT2D eigenvalue weighted by Crippen LogP contribution is -2.28. The van der Waals surface area contributed by atoms with E-state index in [4.69, 9.17) is 0 Å². The molecule has 0 aliphatic rings. The van der Waals surface area contributed by atoms with Crippen molar-refractivity contribution in [2.45, 2.75) is 25.6 Å². The predicted octanol–water partition coefficient (Wildman–Crippen LogP) is 5.04. The van der Waals surface area contributed by atoms with Gasteiger partial charge >= 0.3 is 6.18 Å². The minimum atomic E-state index is -4.58. The summed E-state index contributed by atoms with van der Waals surface area (Å²) in [6, 6.07) is 17.2. The Morgan fingerprint density at radius 2 is 1.72 bits per heavy atom. The molecule has 1 unspecified atom stereocenters. The van der Waals surface area contributed by atoms with Gasteiger partial charge in [0.05, 0.1) is 46.1 Å². The Bertz CT molecular complexity index is 1640. The fourth-order valence-electron chi connectivity index (χ4n) is 4.25. The van der Waals surface area contributed by atoms with Gasteiger partial charge in [-0.2, -0.15) is 18.3 Å². The molecule has 0 saturated heterocycles. The van der Waals surface area contributed by atoms with E-state index >= 15 is 0 Å². The number of amides is 1. The molecule has 7 nitrogen and oxygen atoms in total. The molecule has 0 fully saturated rings. The molecule has 5 rings (SSSR count). The number of carbonyl (C=O) groups is 1. The van der Waals surface area contributed by atoms with Gasteiger partial charge in [0.2, 0.25) is 5.91 Å². The van der Waals surface area contributed by atoms with Crippen molar-refractivity contribution in [3.05, 3.63) is 95.2 Å². The molecule has 5 aromatic rings. The number of nitrogens with zero attached hydrogens (tertiary/aromatic N) is 4. The van der Waals surface area contributed by atoms with E-state index in [0.29, 0.717) is 26.8 Å². The molecule has 10 heteroatoms. The third-order valence-corrected chi connectivity index (χ3v) is 6.01. The number of alkyl halides is 3. The smallest absolute Gasteiger partial charge is 0.322 e. The van der Waals surface area contributed by atoms with Crippen molar-refractivity contribution in [2.24, 2.45) is 0 Å². The van der Waals surface area contributed by atoms with Crippen molar-refractivity contribution in [3.8, 4) is 5.69 Å². The van der Waals surface area contributed by atoms with Gasteiger partial charge in [0.1, 0.15) is 6.54 Å². The molecule has 3 aromatic heterocycles. The van der Waals surface area contributed by atoms with Crippen LogP contribution in [0.5, 0.6) is 0 Å². The summed E-state index contributed by atoms with van der Waals surface area (Å²) in [5.74, 6) is -0.728. The number of carbonyl (C=O) groups excluding carboxylic acids is 1. The quantitative estimate of drug-likeness (QED) is 0.374. The van der Waals surface area contributed by atoms with Crippen molar-refractivity contribution >= 4 is 33.4 Å². The summed E-state index contributed by atoms with van der Waals surface area (Å²) in [7, 11) is 0. The maximum Gasteiger partial charge on any atom is 0.406 e. The fraction of sp³-hybridized carbons (Fsp3) is 0.154. The van der Waals surface area contributed by atoms with E-state index in [1.807, 2.05) is 30.3 Å². The van der Waals surface area contributed by atoms with Crippen molar-refractivity contribution in [1.29, 1.82) is 0 Å². The van der Waals surface area contributed by atoms with Crippen LogP contribution in [0, 0.1) is 0 Å². The molecular formula is C26H20F3N5O2. The van der Waals surface area contributed by atoms with Gasteiger partial charge in [0.25, 0.3) is 5.56 Å². The van der Waals surface area contributed by atoms with E-state index in [-0.39, 0.29) is 16.8 Å². The summed E-state index contributed by atoms with van der Waals surface area (Å²) < 4.78 is 41.9. The maximum atomic E-state index is 13.3. The highest BCUT2D eigenvalue weighted by Crippen LogP contribution is 2.30. The number of nitrogens with one attached hydrogen (secondary N) is 1. The molecule has 3 heterocycles. The summed E-state index contributed by atoms with van der Waals surface area (Å²) in [4.78, 5) is 30.2. The molecule has 1 N–H and O–H groups in total. The summed E-state index contributed by atoms with van der Waals surface area (Å²) in [6.45, 7) is 0.363. The van der Waals surface area contributed by atoms with E-state index in [1.54, 1.807) is 31.2 Å². The average Bonchev–Trinajstić information content (AvgIpc) is 3.32. The zero-order valence-electron chi connectivity index (χ0n) is 19.0. The lowest BCUT2D eigenvalue weighted by atomic mass is 10.0. The second-order valence-corrected chi connectivity index (χ2v) is 8.36. The largest absolute Gasteiger partial charge is 0.406 e. The Kier molecular flexibility index (Phi) is 5.79. The lowest BCUT2D eigenvalue weighted by Gasteiger charge is -2.17. The number of fused-ring (bicyclic) bond motifs is 3. The monoisotopic (exact) mass is 491 g/mol. The van der Waals surface area contributed by atoms with Crippen LogP contribution in [0.3, 0.4) is 0 Å². The van der Waals surface area contributed by atoms with E-state index in [1.165, 1.54) is 29.3 Å². The molecule has 0 aliphatic carbocycles. The van der Waals surface area contributed by atoms with Gasteiger partial charge in [-0.05, 0) is 24.6 Å². The topological polar surface area (TPSA) is 81.8 Å². The molecule has 0 bridgehead atoms. The zero-order valence-corrected chi connectivity index (χ0v) is 19.0. The van der Waals surface area contributed by atoms with Gasteiger partial charge in [-0.1, -0.05) is 48.5 Å². The number of pyridine rings is 2. The van der Waals surface area contributed by atoms with Gasteiger partial charge in [0, 0.05) is 11.6 Å². The van der Waals surface area contributed by atoms with Crippen LogP contribution in [0.1, 0.15) is 18.4 Å². The van der Waals surface area contributed by atoms with Gasteiger partial charge in [-0.3, -0.25) is 19.1 Å². The van der Waals surface area contributed by atoms with Crippen molar-refractivity contribution in [3.63, 3.8) is 0 Å². The molecule has 0 saturated carbocycles. The number of rotatable bonds is 5. The Hall–Kier alpha value is -4.47. The van der Waals surface area contributed by atoms with Crippen LogP contribution >= 0.6 is 0 Å². The first-order chi connectivity index (χ1) is 17.2. The van der Waals surface area contributed by atoms with Crippen LogP contribution < -0.4 is 10.9 Å². The summed E-state index contributed by atoms with van der Waals surface area (Å²) in [6.07, 6.45) is -0.360. The van der Waals surface area contributed by atoms with Crippen molar-refractivity contribution in [2.75, 3.05) is 5.32 Å². The Labute approximate surface area is 202 Å². The van der Waals surface area contributed by atoms with Crippen LogP contribution in [0.4, 0.5) is 18.9 Å². The third-order valence-electron chi connectivity index (χ3n) is 6.01. The normalized spacial score (nSPS) is 12.7. The van der Waals surface area contributed by atoms with E-state index in [2.05, 4.69) is 15.4 Å². The molecular weight excluding hydrogens is 471 g/mol. The van der Waals surface area contributed by atoms with Gasteiger partial charge < -0.3 is 5.32 Å². The first kappa shape index (κ1) is 23.3. The highest BCUT2D eigenvalue weighted by atomic mass is 19.4. The van der Waals surface area contributed by atoms with Crippen LogP contribution in [-0.2, 0) is 11.3 Å². The van der Waals surface area contributed by atoms with Crippen LogP contribution in [-0.4, -0.2) is 31.4 Å². The third kappa shape index (κ3) is 4.21. The van der Waals surface area contributed by atoms with Crippen LogP contribution in [0.25, 0.3) is 27.5 Å². The SMILES string of the molecule is CC(C(=O)Nc1cnccc1-n1ncc2c(=O)n(CC(F)(F)F)c3ccccc3c21)c1ccccc1. The first-order valence-electron chi connectivity index (χ1n) is 11.1. The number of hydrogen-bond donors (Lipinski definition) is 1. The number of anilines is 1. The van der Waals surface area contributed by atoms with Gasteiger partial charge in [0.15, 0.2) is 0 Å². The molecule has 1 atom stereocenters. The van der Waals surface area contributed by atoms with Crippen LogP contribution in [0.2, 0.25) is 0 Å².